The highest BCUT2D eigenvalue weighted by atomic mass is 19.1. The van der Waals surface area contributed by atoms with Gasteiger partial charge in [-0.3, -0.25) is 0 Å². The average molecular weight is 620 g/mol. The van der Waals surface area contributed by atoms with E-state index in [1.165, 1.54) is 0 Å². The molecule has 2 heterocycles. The highest BCUT2D eigenvalue weighted by Gasteiger charge is 2.48. The van der Waals surface area contributed by atoms with Gasteiger partial charge in [0.2, 0.25) is 11.8 Å². The third kappa shape index (κ3) is 8.24. The number of ether oxygens (including phenoxy) is 5. The summed E-state index contributed by atoms with van der Waals surface area (Å²) in [5.74, 6) is -0.427. The summed E-state index contributed by atoms with van der Waals surface area (Å²) in [6, 6.07) is 41.2. The van der Waals surface area contributed by atoms with Gasteiger partial charge in [0, 0.05) is 11.1 Å². The lowest BCUT2D eigenvalue weighted by Crippen LogP contribution is -2.38. The number of nitrogens with zero attached hydrogens (tertiary/aromatic N) is 1. The van der Waals surface area contributed by atoms with Crippen molar-refractivity contribution in [2.75, 3.05) is 6.61 Å². The van der Waals surface area contributed by atoms with Gasteiger partial charge in [-0.2, -0.15) is 9.37 Å². The number of aromatic nitrogens is 1. The van der Waals surface area contributed by atoms with Crippen molar-refractivity contribution in [2.45, 2.75) is 57.8 Å². The summed E-state index contributed by atoms with van der Waals surface area (Å²) in [5.41, 5.74) is 5.02. The summed E-state index contributed by atoms with van der Waals surface area (Å²) >= 11 is 0. The molecule has 1 saturated heterocycles. The first-order chi connectivity index (χ1) is 22.6. The molecule has 0 bridgehead atoms. The molecule has 0 radical (unpaired) electrons. The Bertz CT molecular complexity index is 1640. The number of benzene rings is 4. The van der Waals surface area contributed by atoms with Crippen LogP contribution in [0.5, 0.6) is 5.88 Å². The molecule has 6 nitrogen and oxygen atoms in total. The fourth-order valence-electron chi connectivity index (χ4n) is 5.56. The molecule has 6 rings (SSSR count). The summed E-state index contributed by atoms with van der Waals surface area (Å²) < 4.78 is 47.7. The van der Waals surface area contributed by atoms with Crippen molar-refractivity contribution in [3.63, 3.8) is 0 Å². The van der Waals surface area contributed by atoms with Crippen molar-refractivity contribution >= 4 is 0 Å². The number of aryl methyl sites for hydroxylation is 1. The van der Waals surface area contributed by atoms with E-state index < -0.39 is 30.4 Å². The van der Waals surface area contributed by atoms with Crippen LogP contribution in [0.3, 0.4) is 0 Å². The number of hydrogen-bond acceptors (Lipinski definition) is 6. The SMILES string of the molecule is Cc1cc(C2OC(COCc3ccccc3)C(OCc3ccccc3)C2OCc2ccccc2)c(F)nc1OCc1ccccc1. The van der Waals surface area contributed by atoms with Crippen LogP contribution in [0.1, 0.15) is 39.5 Å². The monoisotopic (exact) mass is 619 g/mol. The van der Waals surface area contributed by atoms with Gasteiger partial charge in [0.15, 0.2) is 0 Å². The molecule has 5 aromatic rings. The molecule has 1 aliphatic rings. The maximum Gasteiger partial charge on any atom is 0.222 e. The molecular weight excluding hydrogens is 581 g/mol. The summed E-state index contributed by atoms with van der Waals surface area (Å²) in [7, 11) is 0. The van der Waals surface area contributed by atoms with Gasteiger partial charge in [0.1, 0.15) is 31.0 Å². The van der Waals surface area contributed by atoms with E-state index in [1.54, 1.807) is 6.07 Å². The Morgan fingerprint density at radius 1 is 0.630 bits per heavy atom. The number of pyridine rings is 1. The second kappa shape index (κ2) is 15.7. The highest BCUT2D eigenvalue weighted by molar-refractivity contribution is 5.32. The topological polar surface area (TPSA) is 59.0 Å². The Kier molecular flexibility index (Phi) is 10.8. The lowest BCUT2D eigenvalue weighted by atomic mass is 10.0. The average Bonchev–Trinajstić information content (AvgIpc) is 3.45. The van der Waals surface area contributed by atoms with E-state index >= 15 is 4.39 Å². The molecule has 0 aliphatic carbocycles. The molecule has 1 fully saturated rings. The third-order valence-electron chi connectivity index (χ3n) is 7.95. The van der Waals surface area contributed by atoms with E-state index in [2.05, 4.69) is 4.98 Å². The van der Waals surface area contributed by atoms with E-state index in [0.29, 0.717) is 30.9 Å². The van der Waals surface area contributed by atoms with E-state index in [4.69, 9.17) is 23.7 Å². The molecule has 0 spiro atoms. The van der Waals surface area contributed by atoms with Gasteiger partial charge in [-0.1, -0.05) is 121 Å². The minimum absolute atomic E-state index is 0.238. The van der Waals surface area contributed by atoms with Gasteiger partial charge in [0.25, 0.3) is 0 Å². The van der Waals surface area contributed by atoms with E-state index in [0.717, 1.165) is 22.3 Å². The lowest BCUT2D eigenvalue weighted by molar-refractivity contribution is -0.0898. The molecule has 4 atom stereocenters. The minimum Gasteiger partial charge on any atom is -0.473 e. The third-order valence-corrected chi connectivity index (χ3v) is 7.95. The summed E-state index contributed by atoms with van der Waals surface area (Å²) in [6.45, 7) is 3.44. The second-order valence-corrected chi connectivity index (χ2v) is 11.4. The lowest BCUT2D eigenvalue weighted by Gasteiger charge is -2.25. The zero-order chi connectivity index (χ0) is 31.6. The van der Waals surface area contributed by atoms with Gasteiger partial charge >= 0.3 is 0 Å². The van der Waals surface area contributed by atoms with Crippen LogP contribution < -0.4 is 4.74 Å². The first-order valence-corrected chi connectivity index (χ1v) is 15.6. The largest absolute Gasteiger partial charge is 0.473 e. The van der Waals surface area contributed by atoms with E-state index in [-0.39, 0.29) is 19.1 Å². The van der Waals surface area contributed by atoms with Crippen molar-refractivity contribution in [2.24, 2.45) is 0 Å². The maximum absolute atomic E-state index is 15.9. The van der Waals surface area contributed by atoms with Crippen LogP contribution in [0, 0.1) is 12.9 Å². The minimum atomic E-state index is -0.788. The Hall–Kier alpha value is -4.40. The first kappa shape index (κ1) is 31.6. The molecule has 0 amide bonds. The Morgan fingerprint density at radius 3 is 1.65 bits per heavy atom. The van der Waals surface area contributed by atoms with Crippen molar-refractivity contribution in [3.05, 3.63) is 167 Å². The van der Waals surface area contributed by atoms with E-state index in [1.807, 2.05) is 128 Å². The number of rotatable bonds is 14. The van der Waals surface area contributed by atoms with Crippen LogP contribution in [-0.2, 0) is 45.4 Å². The summed E-state index contributed by atoms with van der Waals surface area (Å²) in [6.07, 6.45) is -2.49. The van der Waals surface area contributed by atoms with Crippen LogP contribution in [0.4, 0.5) is 4.39 Å². The standard InChI is InChI=1S/C39H38FNO5/c1-28-22-33(38(40)41-39(28)45-26-32-20-12-5-13-21-32)35-37(44-25-31-18-10-4-11-19-31)36(43-24-30-16-8-3-9-17-30)34(46-35)27-42-23-29-14-6-2-7-15-29/h2-22,34-37H,23-27H2,1H3. The van der Waals surface area contributed by atoms with Crippen LogP contribution in [0.2, 0.25) is 0 Å². The molecular formula is C39H38FNO5. The normalized spacial score (nSPS) is 19.3. The van der Waals surface area contributed by atoms with Crippen molar-refractivity contribution in [1.82, 2.24) is 4.98 Å². The smallest absolute Gasteiger partial charge is 0.222 e. The molecule has 0 N–H and O–H groups in total. The predicted molar refractivity (Wildman–Crippen MR) is 173 cm³/mol. The van der Waals surface area contributed by atoms with Crippen LogP contribution in [0.15, 0.2) is 127 Å². The van der Waals surface area contributed by atoms with Gasteiger partial charge < -0.3 is 23.7 Å². The van der Waals surface area contributed by atoms with Crippen molar-refractivity contribution < 1.29 is 28.1 Å². The Balaban J connectivity index is 1.27. The first-order valence-electron chi connectivity index (χ1n) is 15.6. The highest BCUT2D eigenvalue weighted by Crippen LogP contribution is 2.40. The predicted octanol–water partition coefficient (Wildman–Crippen LogP) is 7.94. The molecule has 46 heavy (non-hydrogen) atoms. The summed E-state index contributed by atoms with van der Waals surface area (Å²) in [5, 5.41) is 0. The van der Waals surface area contributed by atoms with Gasteiger partial charge in [0.05, 0.1) is 26.4 Å². The van der Waals surface area contributed by atoms with E-state index in [9.17, 15) is 0 Å². The van der Waals surface area contributed by atoms with Crippen LogP contribution >= 0.6 is 0 Å². The quantitative estimate of drug-likeness (QED) is 0.118. The van der Waals surface area contributed by atoms with Crippen molar-refractivity contribution in [1.29, 1.82) is 0 Å². The molecule has 0 saturated carbocycles. The molecule has 7 heteroatoms. The van der Waals surface area contributed by atoms with Crippen LogP contribution in [0.25, 0.3) is 0 Å². The van der Waals surface area contributed by atoms with Gasteiger partial charge in [-0.15, -0.1) is 0 Å². The molecule has 1 aliphatic heterocycles. The number of hydrogen-bond donors (Lipinski definition) is 0. The second-order valence-electron chi connectivity index (χ2n) is 11.4. The van der Waals surface area contributed by atoms with Crippen molar-refractivity contribution in [3.8, 4) is 5.88 Å². The Labute approximate surface area is 269 Å². The molecule has 4 aromatic carbocycles. The number of halogens is 1. The van der Waals surface area contributed by atoms with Gasteiger partial charge in [-0.25, -0.2) is 0 Å². The molecule has 1 aromatic heterocycles. The zero-order valence-electron chi connectivity index (χ0n) is 25.8. The Morgan fingerprint density at radius 2 is 1.11 bits per heavy atom. The fraction of sp³-hybridized carbons (Fsp3) is 0.256. The molecule has 4 unspecified atom stereocenters. The summed E-state index contributed by atoms with van der Waals surface area (Å²) in [4.78, 5) is 4.23. The maximum atomic E-state index is 15.9. The van der Waals surface area contributed by atoms with Gasteiger partial charge in [-0.05, 0) is 35.2 Å². The fourth-order valence-corrected chi connectivity index (χ4v) is 5.56. The van der Waals surface area contributed by atoms with Crippen LogP contribution in [-0.4, -0.2) is 29.9 Å². The zero-order valence-corrected chi connectivity index (χ0v) is 25.8. The molecule has 236 valence electrons.